The van der Waals surface area contributed by atoms with E-state index in [9.17, 15) is 9.90 Å². The van der Waals surface area contributed by atoms with E-state index in [4.69, 9.17) is 9.47 Å². The first-order valence-corrected chi connectivity index (χ1v) is 8.65. The molecule has 0 radical (unpaired) electrons. The van der Waals surface area contributed by atoms with Crippen LogP contribution in [-0.2, 0) is 9.47 Å². The molecule has 2 atom stereocenters. The molecule has 26 heavy (non-hydrogen) atoms. The predicted molar refractivity (Wildman–Crippen MR) is 95.9 cm³/mol. The third-order valence-electron chi connectivity index (χ3n) is 5.21. The number of carbonyl (C=O) groups excluding carboxylic acids is 1. The van der Waals surface area contributed by atoms with Crippen molar-refractivity contribution in [2.45, 2.75) is 37.8 Å². The summed E-state index contributed by atoms with van der Waals surface area (Å²) in [7, 11) is 0. The molecule has 2 unspecified atom stereocenters. The molecule has 0 aromatic heterocycles. The van der Waals surface area contributed by atoms with E-state index in [1.165, 1.54) is 0 Å². The summed E-state index contributed by atoms with van der Waals surface area (Å²) in [5, 5.41) is 11.0. The minimum Gasteiger partial charge on any atom is -0.433 e. The van der Waals surface area contributed by atoms with Gasteiger partial charge in [0.2, 0.25) is 0 Å². The van der Waals surface area contributed by atoms with Crippen molar-refractivity contribution < 1.29 is 19.4 Å². The van der Waals surface area contributed by atoms with Gasteiger partial charge in [-0.1, -0.05) is 60.7 Å². The monoisotopic (exact) mass is 351 g/mol. The fourth-order valence-corrected chi connectivity index (χ4v) is 3.74. The van der Waals surface area contributed by atoms with Crippen LogP contribution in [0.5, 0.6) is 0 Å². The lowest BCUT2D eigenvalue weighted by Crippen LogP contribution is -2.59. The van der Waals surface area contributed by atoms with Crippen molar-refractivity contribution >= 4 is 6.09 Å². The Bertz CT molecular complexity index is 811. The molecule has 5 nitrogen and oxygen atoms in total. The minimum absolute atomic E-state index is 0.403. The number of hydrogen-bond donors (Lipinski definition) is 1. The lowest BCUT2D eigenvalue weighted by Gasteiger charge is -2.44. The van der Waals surface area contributed by atoms with E-state index in [0.717, 1.165) is 11.1 Å². The van der Waals surface area contributed by atoms with Crippen molar-refractivity contribution in [1.82, 2.24) is 4.90 Å². The zero-order valence-electron chi connectivity index (χ0n) is 14.8. The number of rotatable bonds is 3. The van der Waals surface area contributed by atoms with Crippen molar-refractivity contribution in [2.75, 3.05) is 0 Å². The molecule has 2 heterocycles. The van der Waals surface area contributed by atoms with E-state index in [0.29, 0.717) is 12.2 Å². The van der Waals surface area contributed by atoms with Crippen molar-refractivity contribution in [3.63, 3.8) is 0 Å². The number of hydrogen-bond acceptors (Lipinski definition) is 4. The summed E-state index contributed by atoms with van der Waals surface area (Å²) < 4.78 is 10.9. The Labute approximate surface area is 152 Å². The highest BCUT2D eigenvalue weighted by molar-refractivity contribution is 5.74. The summed E-state index contributed by atoms with van der Waals surface area (Å²) in [6.07, 6.45) is 1.70. The number of ether oxygens (including phenoxy) is 2. The van der Waals surface area contributed by atoms with Crippen LogP contribution in [0.1, 0.15) is 37.4 Å². The second-order valence-electron chi connectivity index (χ2n) is 6.94. The molecular weight excluding hydrogens is 330 g/mol. The molecule has 2 aliphatic heterocycles. The molecule has 1 amide bonds. The summed E-state index contributed by atoms with van der Waals surface area (Å²) in [4.78, 5) is 14.5. The summed E-state index contributed by atoms with van der Waals surface area (Å²) in [5.74, 6) is -1.47. The lowest BCUT2D eigenvalue weighted by molar-refractivity contribution is -0.341. The van der Waals surface area contributed by atoms with Gasteiger partial charge in [-0.25, -0.2) is 4.79 Å². The third kappa shape index (κ3) is 2.39. The Morgan fingerprint density at radius 1 is 1.00 bits per heavy atom. The number of amides is 1. The summed E-state index contributed by atoms with van der Waals surface area (Å²) in [6, 6.07) is 19.1. The smallest absolute Gasteiger partial charge is 0.416 e. The fourth-order valence-electron chi connectivity index (χ4n) is 3.74. The highest BCUT2D eigenvalue weighted by Crippen LogP contribution is 2.50. The van der Waals surface area contributed by atoms with E-state index in [1.807, 2.05) is 66.7 Å². The maximum absolute atomic E-state index is 12.9. The highest BCUT2D eigenvalue weighted by Gasteiger charge is 2.67. The zero-order chi connectivity index (χ0) is 18.4. The Morgan fingerprint density at radius 3 is 2.08 bits per heavy atom. The summed E-state index contributed by atoms with van der Waals surface area (Å²) >= 11 is 0. The number of benzene rings is 2. The Balaban J connectivity index is 1.87. The first-order valence-electron chi connectivity index (χ1n) is 8.65. The van der Waals surface area contributed by atoms with Crippen molar-refractivity contribution in [3.8, 4) is 0 Å². The van der Waals surface area contributed by atoms with Crippen LogP contribution in [0.2, 0.25) is 0 Å². The van der Waals surface area contributed by atoms with Crippen LogP contribution in [0, 0.1) is 0 Å². The average molecular weight is 351 g/mol. The van der Waals surface area contributed by atoms with E-state index < -0.39 is 23.6 Å². The summed E-state index contributed by atoms with van der Waals surface area (Å²) in [6.45, 7) is 3.53. The van der Waals surface area contributed by atoms with Gasteiger partial charge in [0.15, 0.2) is 5.54 Å². The quantitative estimate of drug-likeness (QED) is 0.909. The fraction of sp³-hybridized carbons (Fsp3) is 0.286. The third-order valence-corrected chi connectivity index (χ3v) is 5.21. The number of aliphatic hydroxyl groups is 1. The normalized spacial score (nSPS) is 27.6. The van der Waals surface area contributed by atoms with Crippen molar-refractivity contribution in [1.29, 1.82) is 0 Å². The molecule has 0 aliphatic carbocycles. The average Bonchev–Trinajstić information content (AvgIpc) is 2.83. The lowest BCUT2D eigenvalue weighted by atomic mass is 9.86. The molecule has 0 spiro atoms. The molecule has 2 aromatic carbocycles. The second-order valence-corrected chi connectivity index (χ2v) is 6.94. The number of carbonyl (C=O) groups is 1. The SMILES string of the molecule is CC1=CCC2(C)N(C(c3ccccc3)c3ccccc3)C(=O)OC2(O)O1. The van der Waals surface area contributed by atoms with Crippen LogP contribution in [0.3, 0.4) is 0 Å². The largest absolute Gasteiger partial charge is 0.433 e. The molecule has 2 aliphatic rings. The van der Waals surface area contributed by atoms with Gasteiger partial charge in [-0.15, -0.1) is 0 Å². The Kier molecular flexibility index (Phi) is 3.77. The first-order chi connectivity index (χ1) is 12.4. The predicted octanol–water partition coefficient (Wildman–Crippen LogP) is 3.96. The first kappa shape index (κ1) is 16.7. The number of allylic oxidation sites excluding steroid dienone is 1. The van der Waals surface area contributed by atoms with Gasteiger partial charge in [-0.2, -0.15) is 0 Å². The van der Waals surface area contributed by atoms with Gasteiger partial charge in [0, 0.05) is 6.42 Å². The number of fused-ring (bicyclic) bond motifs is 1. The maximum atomic E-state index is 12.9. The van der Waals surface area contributed by atoms with Gasteiger partial charge < -0.3 is 14.6 Å². The molecule has 4 rings (SSSR count). The molecule has 1 fully saturated rings. The molecule has 1 N–H and O–H groups in total. The number of nitrogens with zero attached hydrogens (tertiary/aromatic N) is 1. The second kappa shape index (κ2) is 5.88. The Hall–Kier alpha value is -2.79. The van der Waals surface area contributed by atoms with Gasteiger partial charge in [-0.05, 0) is 31.1 Å². The van der Waals surface area contributed by atoms with Gasteiger partial charge in [-0.3, -0.25) is 4.90 Å². The molecule has 1 saturated heterocycles. The zero-order valence-corrected chi connectivity index (χ0v) is 14.8. The van der Waals surface area contributed by atoms with Crippen LogP contribution in [0.15, 0.2) is 72.5 Å². The van der Waals surface area contributed by atoms with Crippen molar-refractivity contribution in [3.05, 3.63) is 83.6 Å². The molecule has 0 saturated carbocycles. The molecule has 134 valence electrons. The van der Waals surface area contributed by atoms with E-state index in [1.54, 1.807) is 18.7 Å². The Morgan fingerprint density at radius 2 is 1.54 bits per heavy atom. The molecule has 5 heteroatoms. The van der Waals surface area contributed by atoms with Gasteiger partial charge in [0.25, 0.3) is 0 Å². The summed E-state index contributed by atoms with van der Waals surface area (Å²) in [5.41, 5.74) is 0.819. The van der Waals surface area contributed by atoms with Gasteiger partial charge in [0.1, 0.15) is 0 Å². The standard InChI is InChI=1S/C21H21NO4/c1-15-13-14-20(2)21(24,25-15)26-19(23)22(20)18(16-9-5-3-6-10-16)17-11-7-4-8-12-17/h3-13,18,24H,14H2,1-2H3. The maximum Gasteiger partial charge on any atom is 0.416 e. The molecule has 0 bridgehead atoms. The van der Waals surface area contributed by atoms with Crippen molar-refractivity contribution in [2.24, 2.45) is 0 Å². The van der Waals surface area contributed by atoms with Crippen LogP contribution in [0.4, 0.5) is 4.79 Å². The van der Waals surface area contributed by atoms with Crippen LogP contribution < -0.4 is 0 Å². The van der Waals surface area contributed by atoms with Crippen LogP contribution in [0.25, 0.3) is 0 Å². The van der Waals surface area contributed by atoms with Crippen LogP contribution >= 0.6 is 0 Å². The van der Waals surface area contributed by atoms with Crippen LogP contribution in [-0.4, -0.2) is 27.6 Å². The van der Waals surface area contributed by atoms with Gasteiger partial charge >= 0.3 is 12.1 Å². The topological polar surface area (TPSA) is 59.0 Å². The van der Waals surface area contributed by atoms with Gasteiger partial charge in [0.05, 0.1) is 11.8 Å². The molecule has 2 aromatic rings. The highest BCUT2D eigenvalue weighted by atomic mass is 16.8. The van der Waals surface area contributed by atoms with E-state index >= 15 is 0 Å². The molecular formula is C21H21NO4. The van der Waals surface area contributed by atoms with E-state index in [-0.39, 0.29) is 0 Å². The van der Waals surface area contributed by atoms with E-state index in [2.05, 4.69) is 0 Å². The minimum atomic E-state index is -2.01.